The van der Waals surface area contributed by atoms with Gasteiger partial charge < -0.3 is 10.0 Å². The van der Waals surface area contributed by atoms with E-state index in [2.05, 4.69) is 9.97 Å². The Hall–Kier alpha value is -1.65. The van der Waals surface area contributed by atoms with E-state index in [4.69, 9.17) is 5.11 Å². The molecular formula is C12H19N3O2. The van der Waals surface area contributed by atoms with E-state index >= 15 is 0 Å². The van der Waals surface area contributed by atoms with E-state index in [-0.39, 0.29) is 0 Å². The third-order valence-corrected chi connectivity index (χ3v) is 2.57. The fourth-order valence-electron chi connectivity index (χ4n) is 1.65. The van der Waals surface area contributed by atoms with Crippen molar-refractivity contribution < 1.29 is 9.90 Å². The van der Waals surface area contributed by atoms with E-state index in [1.807, 2.05) is 31.7 Å². The molecule has 94 valence electrons. The topological polar surface area (TPSA) is 66.3 Å². The van der Waals surface area contributed by atoms with Crippen molar-refractivity contribution in [3.8, 4) is 0 Å². The average molecular weight is 237 g/mol. The zero-order valence-corrected chi connectivity index (χ0v) is 10.8. The van der Waals surface area contributed by atoms with Crippen LogP contribution in [-0.4, -0.2) is 34.1 Å². The molecule has 1 heterocycles. The molecule has 1 atom stereocenters. The Morgan fingerprint density at radius 2 is 2.12 bits per heavy atom. The molecule has 1 rings (SSSR count). The molecule has 1 unspecified atom stereocenters. The van der Waals surface area contributed by atoms with Crippen LogP contribution in [0.4, 0.5) is 5.82 Å². The molecule has 0 bridgehead atoms. The summed E-state index contributed by atoms with van der Waals surface area (Å²) in [7, 11) is 0. The average Bonchev–Trinajstić information content (AvgIpc) is 2.23. The molecule has 1 aromatic rings. The molecule has 5 nitrogen and oxygen atoms in total. The number of carboxylic acids is 1. The molecule has 0 saturated carbocycles. The second kappa shape index (κ2) is 5.61. The number of rotatable bonds is 5. The molecule has 0 spiro atoms. The van der Waals surface area contributed by atoms with Crippen molar-refractivity contribution in [2.45, 2.75) is 27.7 Å². The zero-order valence-electron chi connectivity index (χ0n) is 10.8. The number of aliphatic carboxylic acids is 1. The molecular weight excluding hydrogens is 218 g/mol. The molecule has 0 radical (unpaired) electrons. The number of carboxylic acid groups (broad SMARTS) is 1. The van der Waals surface area contributed by atoms with Crippen LogP contribution in [0.5, 0.6) is 0 Å². The van der Waals surface area contributed by atoms with E-state index in [0.717, 1.165) is 18.1 Å². The summed E-state index contributed by atoms with van der Waals surface area (Å²) in [5.41, 5.74) is 0.897. The lowest BCUT2D eigenvalue weighted by Crippen LogP contribution is -2.32. The van der Waals surface area contributed by atoms with Crippen LogP contribution < -0.4 is 4.90 Å². The van der Waals surface area contributed by atoms with Gasteiger partial charge in [0.15, 0.2) is 0 Å². The maximum atomic E-state index is 10.9. The SMILES string of the molecule is CCN(CC(C)C(=O)O)c1cc(C)nc(C)n1. The monoisotopic (exact) mass is 237 g/mol. The Kier molecular flexibility index (Phi) is 4.43. The van der Waals surface area contributed by atoms with Crippen LogP contribution in [0.3, 0.4) is 0 Å². The summed E-state index contributed by atoms with van der Waals surface area (Å²) in [6, 6.07) is 1.88. The first-order valence-corrected chi connectivity index (χ1v) is 5.74. The lowest BCUT2D eigenvalue weighted by atomic mass is 10.1. The zero-order chi connectivity index (χ0) is 13.0. The normalized spacial score (nSPS) is 12.2. The van der Waals surface area contributed by atoms with Crippen LogP contribution in [-0.2, 0) is 4.79 Å². The molecule has 1 aromatic heterocycles. The molecule has 5 heteroatoms. The van der Waals surface area contributed by atoms with E-state index in [9.17, 15) is 4.79 Å². The summed E-state index contributed by atoms with van der Waals surface area (Å²) < 4.78 is 0. The van der Waals surface area contributed by atoms with Gasteiger partial charge in [-0.25, -0.2) is 9.97 Å². The standard InChI is InChI=1S/C12H19N3O2/c1-5-15(7-8(2)12(16)17)11-6-9(3)13-10(4)14-11/h6,8H,5,7H2,1-4H3,(H,16,17). The lowest BCUT2D eigenvalue weighted by molar-refractivity contribution is -0.140. The molecule has 0 fully saturated rings. The van der Waals surface area contributed by atoms with E-state index in [1.165, 1.54) is 0 Å². The Morgan fingerprint density at radius 1 is 1.47 bits per heavy atom. The molecule has 0 aliphatic carbocycles. The van der Waals surface area contributed by atoms with Crippen molar-refractivity contribution >= 4 is 11.8 Å². The molecule has 1 N–H and O–H groups in total. The van der Waals surface area contributed by atoms with Gasteiger partial charge in [-0.1, -0.05) is 6.92 Å². The smallest absolute Gasteiger partial charge is 0.308 e. The highest BCUT2D eigenvalue weighted by atomic mass is 16.4. The van der Waals surface area contributed by atoms with Crippen molar-refractivity contribution in [2.75, 3.05) is 18.0 Å². The van der Waals surface area contributed by atoms with Crippen molar-refractivity contribution in [1.82, 2.24) is 9.97 Å². The van der Waals surface area contributed by atoms with Crippen molar-refractivity contribution in [1.29, 1.82) is 0 Å². The minimum atomic E-state index is -0.786. The Morgan fingerprint density at radius 3 is 2.59 bits per heavy atom. The lowest BCUT2D eigenvalue weighted by Gasteiger charge is -2.24. The Balaban J connectivity index is 2.89. The fourth-order valence-corrected chi connectivity index (χ4v) is 1.65. The predicted octanol–water partition coefficient (Wildman–Crippen LogP) is 1.64. The first kappa shape index (κ1) is 13.4. The summed E-state index contributed by atoms with van der Waals surface area (Å²) >= 11 is 0. The van der Waals surface area contributed by atoms with Crippen molar-refractivity contribution in [3.05, 3.63) is 17.6 Å². The van der Waals surface area contributed by atoms with Gasteiger partial charge in [0, 0.05) is 24.8 Å². The minimum Gasteiger partial charge on any atom is -0.481 e. The van der Waals surface area contributed by atoms with Gasteiger partial charge in [-0.15, -0.1) is 0 Å². The Bertz CT molecular complexity index is 386. The van der Waals surface area contributed by atoms with Gasteiger partial charge in [-0.3, -0.25) is 4.79 Å². The van der Waals surface area contributed by atoms with Crippen LogP contribution in [0.25, 0.3) is 0 Å². The maximum absolute atomic E-state index is 10.9. The van der Waals surface area contributed by atoms with Crippen LogP contribution >= 0.6 is 0 Å². The maximum Gasteiger partial charge on any atom is 0.308 e. The molecule has 0 aliphatic rings. The number of aromatic nitrogens is 2. The van der Waals surface area contributed by atoms with Crippen LogP contribution in [0, 0.1) is 19.8 Å². The first-order chi connectivity index (χ1) is 7.93. The second-order valence-corrected chi connectivity index (χ2v) is 4.19. The van der Waals surface area contributed by atoms with Crippen molar-refractivity contribution in [2.24, 2.45) is 5.92 Å². The van der Waals surface area contributed by atoms with Crippen LogP contribution in [0.15, 0.2) is 6.07 Å². The van der Waals surface area contributed by atoms with Gasteiger partial charge >= 0.3 is 5.97 Å². The summed E-state index contributed by atoms with van der Waals surface area (Å²) in [5, 5.41) is 8.92. The van der Waals surface area contributed by atoms with Crippen LogP contribution in [0.2, 0.25) is 0 Å². The van der Waals surface area contributed by atoms with Gasteiger partial charge in [0.05, 0.1) is 5.92 Å². The number of hydrogen-bond donors (Lipinski definition) is 1. The quantitative estimate of drug-likeness (QED) is 0.843. The molecule has 0 saturated heterocycles. The summed E-state index contributed by atoms with van der Waals surface area (Å²) in [5.74, 6) is 0.309. The summed E-state index contributed by atoms with van der Waals surface area (Å²) in [6.45, 7) is 8.63. The Labute approximate surface area is 102 Å². The van der Waals surface area contributed by atoms with Gasteiger partial charge in [0.1, 0.15) is 11.6 Å². The molecule has 0 aromatic carbocycles. The molecule has 0 aliphatic heterocycles. The highest BCUT2D eigenvalue weighted by Gasteiger charge is 2.16. The van der Waals surface area contributed by atoms with Gasteiger partial charge in [0.25, 0.3) is 0 Å². The fraction of sp³-hybridized carbons (Fsp3) is 0.583. The third kappa shape index (κ3) is 3.69. The van der Waals surface area contributed by atoms with Gasteiger partial charge in [-0.2, -0.15) is 0 Å². The first-order valence-electron chi connectivity index (χ1n) is 5.74. The van der Waals surface area contributed by atoms with Gasteiger partial charge in [-0.05, 0) is 20.8 Å². The highest BCUT2D eigenvalue weighted by Crippen LogP contribution is 2.14. The number of carbonyl (C=O) groups is 1. The summed E-state index contributed by atoms with van der Waals surface area (Å²) in [4.78, 5) is 21.4. The van der Waals surface area contributed by atoms with Crippen molar-refractivity contribution in [3.63, 3.8) is 0 Å². The molecule has 17 heavy (non-hydrogen) atoms. The third-order valence-electron chi connectivity index (χ3n) is 2.57. The predicted molar refractivity (Wildman–Crippen MR) is 66.2 cm³/mol. The van der Waals surface area contributed by atoms with E-state index < -0.39 is 11.9 Å². The largest absolute Gasteiger partial charge is 0.481 e. The van der Waals surface area contributed by atoms with E-state index in [1.54, 1.807) is 6.92 Å². The van der Waals surface area contributed by atoms with Gasteiger partial charge in [0.2, 0.25) is 0 Å². The number of hydrogen-bond acceptors (Lipinski definition) is 4. The number of aryl methyl sites for hydroxylation is 2. The van der Waals surface area contributed by atoms with E-state index in [0.29, 0.717) is 12.4 Å². The molecule has 0 amide bonds. The number of nitrogens with zero attached hydrogens (tertiary/aromatic N) is 3. The second-order valence-electron chi connectivity index (χ2n) is 4.19. The summed E-state index contributed by atoms with van der Waals surface area (Å²) in [6.07, 6.45) is 0. The highest BCUT2D eigenvalue weighted by molar-refractivity contribution is 5.70. The minimum absolute atomic E-state index is 0.412. The van der Waals surface area contributed by atoms with Crippen LogP contribution in [0.1, 0.15) is 25.4 Å². The number of anilines is 1.